The highest BCUT2D eigenvalue weighted by Gasteiger charge is 2.52. The summed E-state index contributed by atoms with van der Waals surface area (Å²) in [6, 6.07) is 50.5. The normalized spacial score (nSPS) is 13.6. The zero-order valence-electron chi connectivity index (χ0n) is 43.7. The molecule has 0 bridgehead atoms. The molecule has 0 aliphatic carbocycles. The summed E-state index contributed by atoms with van der Waals surface area (Å²) in [4.78, 5) is 27.3. The van der Waals surface area contributed by atoms with Crippen molar-refractivity contribution in [3.63, 3.8) is 0 Å². The lowest BCUT2D eigenvalue weighted by Gasteiger charge is -2.32. The number of nitrogens with zero attached hydrogens (tertiary/aromatic N) is 6. The van der Waals surface area contributed by atoms with Crippen molar-refractivity contribution in [3.8, 4) is 79.5 Å². The molecule has 0 atom stereocenters. The van der Waals surface area contributed by atoms with E-state index in [1.165, 1.54) is 24.3 Å². The molecule has 0 radical (unpaired) electrons. The molecular weight excluding hydrogens is 1100 g/mol. The van der Waals surface area contributed by atoms with Crippen LogP contribution < -0.4 is 5.46 Å². The van der Waals surface area contributed by atoms with Gasteiger partial charge >= 0.3 is 19.5 Å². The second-order valence-corrected chi connectivity index (χ2v) is 19.8. The molecule has 1 fully saturated rings. The molecule has 82 heavy (non-hydrogen) atoms. The minimum atomic E-state index is -4.70. The molecule has 0 spiro atoms. The Bertz CT molecular complexity index is 3750. The third-order valence-corrected chi connectivity index (χ3v) is 13.5. The van der Waals surface area contributed by atoms with E-state index in [0.29, 0.717) is 52.4 Å². The Morgan fingerprint density at radius 3 is 0.988 bits per heavy atom. The van der Waals surface area contributed by atoms with Gasteiger partial charge in [-0.25, -0.2) is 47.5 Å². The average Bonchev–Trinajstić information content (AvgIpc) is 3.61. The molecule has 414 valence electrons. The van der Waals surface area contributed by atoms with Crippen LogP contribution in [0.2, 0.25) is 5.02 Å². The summed E-state index contributed by atoms with van der Waals surface area (Å²) in [6.45, 7) is 7.15. The van der Waals surface area contributed by atoms with Crippen LogP contribution in [0.3, 0.4) is 0 Å². The van der Waals surface area contributed by atoms with Crippen molar-refractivity contribution in [2.45, 2.75) is 51.2 Å². The maximum absolute atomic E-state index is 15.1. The zero-order valence-corrected chi connectivity index (χ0v) is 44.5. The minimum absolute atomic E-state index is 0.0309. The second kappa shape index (κ2) is 23.8. The Labute approximate surface area is 469 Å². The molecule has 0 saturated carbocycles. The van der Waals surface area contributed by atoms with E-state index in [4.69, 9.17) is 20.9 Å². The number of halogens is 11. The van der Waals surface area contributed by atoms with Gasteiger partial charge in [0, 0.05) is 50.0 Å². The molecule has 3 heterocycles. The minimum Gasteiger partial charge on any atom is -0.399 e. The fraction of sp³-hybridized carbons (Fsp3) is 0.129. The standard InChI is InChI=1S/C28H16F5N3.C21H13ClFN3.C13H15BF4O2/c29-23-15-19(11-13-21(23)22-14-12-20(16-24(22)30)28(31,32)33)27-35-25(17-7-3-1-4-8-17)34-26(36-27)18-9-5-2-6-10-18;22-17-12-11-16(13-18(17)23)21-25-19(14-7-3-1-4-8-14)24-20(26-21)15-9-5-2-6-10-15;1-11(2)12(3,4)20-14(19-11)9-6-5-8(7-10(9)15)13(16,17)18/h1-16H;1-13H;5-7H,1-4H3. The number of alkyl halides is 6. The molecule has 1 saturated heterocycles. The lowest BCUT2D eigenvalue weighted by atomic mass is 9.78. The van der Waals surface area contributed by atoms with Crippen LogP contribution in [0.25, 0.3) is 79.5 Å². The van der Waals surface area contributed by atoms with Crippen LogP contribution in [0.15, 0.2) is 194 Å². The van der Waals surface area contributed by atoms with Gasteiger partial charge in [-0.05, 0) is 70.2 Å². The van der Waals surface area contributed by atoms with Gasteiger partial charge in [0.25, 0.3) is 0 Å². The topological polar surface area (TPSA) is 95.8 Å². The van der Waals surface area contributed by atoms with E-state index >= 15 is 4.39 Å². The number of hydrogen-bond donors (Lipinski definition) is 0. The van der Waals surface area contributed by atoms with Gasteiger partial charge in [-0.1, -0.05) is 163 Å². The monoisotopic (exact) mass is 1140 g/mol. The molecule has 2 aromatic heterocycles. The van der Waals surface area contributed by atoms with E-state index in [1.807, 2.05) is 121 Å². The molecule has 20 heteroatoms. The van der Waals surface area contributed by atoms with Gasteiger partial charge in [-0.3, -0.25) is 0 Å². The first-order chi connectivity index (χ1) is 38.9. The Balaban J connectivity index is 0.000000155. The molecule has 8 nitrogen and oxygen atoms in total. The molecule has 1 aliphatic heterocycles. The number of aromatic nitrogens is 6. The molecule has 0 unspecified atom stereocenters. The van der Waals surface area contributed by atoms with Crippen molar-refractivity contribution in [1.82, 2.24) is 29.9 Å². The van der Waals surface area contributed by atoms with Crippen molar-refractivity contribution in [2.75, 3.05) is 0 Å². The Morgan fingerprint density at radius 2 is 0.659 bits per heavy atom. The van der Waals surface area contributed by atoms with E-state index in [1.54, 1.807) is 33.8 Å². The second-order valence-electron chi connectivity index (χ2n) is 19.4. The van der Waals surface area contributed by atoms with Crippen LogP contribution in [0.4, 0.5) is 43.9 Å². The number of hydrogen-bond acceptors (Lipinski definition) is 8. The Hall–Kier alpha value is -8.65. The van der Waals surface area contributed by atoms with E-state index in [2.05, 4.69) is 29.9 Å². The van der Waals surface area contributed by atoms with E-state index < -0.39 is 65.1 Å². The first-order valence-corrected chi connectivity index (χ1v) is 25.4. The summed E-state index contributed by atoms with van der Waals surface area (Å²) in [6.07, 6.45) is -9.28. The van der Waals surface area contributed by atoms with Crippen molar-refractivity contribution in [2.24, 2.45) is 0 Å². The van der Waals surface area contributed by atoms with Crippen molar-refractivity contribution in [1.29, 1.82) is 0 Å². The molecule has 0 amide bonds. The highest BCUT2D eigenvalue weighted by Crippen LogP contribution is 2.38. The van der Waals surface area contributed by atoms with Gasteiger partial charge in [0.15, 0.2) is 34.9 Å². The summed E-state index contributed by atoms with van der Waals surface area (Å²) in [7, 11) is -1.01. The Morgan fingerprint density at radius 1 is 0.354 bits per heavy atom. The Kier molecular flexibility index (Phi) is 16.9. The maximum Gasteiger partial charge on any atom is 0.497 e. The fourth-order valence-electron chi connectivity index (χ4n) is 8.16. The van der Waals surface area contributed by atoms with Gasteiger partial charge in [0.2, 0.25) is 0 Å². The summed E-state index contributed by atoms with van der Waals surface area (Å²) in [5.74, 6) is -1.06. The fourth-order valence-corrected chi connectivity index (χ4v) is 8.28. The van der Waals surface area contributed by atoms with Crippen LogP contribution in [0, 0.1) is 23.3 Å². The molecular formula is C62H44BClF10N6O2. The van der Waals surface area contributed by atoms with Crippen LogP contribution in [-0.4, -0.2) is 48.2 Å². The average molecular weight is 1140 g/mol. The zero-order chi connectivity index (χ0) is 58.6. The van der Waals surface area contributed by atoms with E-state index in [-0.39, 0.29) is 27.4 Å². The molecule has 0 N–H and O–H groups in total. The van der Waals surface area contributed by atoms with Crippen LogP contribution >= 0.6 is 11.6 Å². The molecule has 10 aromatic rings. The number of rotatable bonds is 8. The van der Waals surface area contributed by atoms with Crippen LogP contribution in [-0.2, 0) is 21.7 Å². The third kappa shape index (κ3) is 13.4. The highest BCUT2D eigenvalue weighted by molar-refractivity contribution is 6.62. The lowest BCUT2D eigenvalue weighted by Crippen LogP contribution is -2.41. The van der Waals surface area contributed by atoms with Crippen molar-refractivity contribution >= 4 is 24.2 Å². The lowest BCUT2D eigenvalue weighted by molar-refractivity contribution is -0.138. The van der Waals surface area contributed by atoms with Crippen LogP contribution in [0.5, 0.6) is 0 Å². The van der Waals surface area contributed by atoms with E-state index in [0.717, 1.165) is 52.6 Å². The summed E-state index contributed by atoms with van der Waals surface area (Å²) >= 11 is 5.79. The SMILES string of the molecule is CC1(C)OB(c2ccc(C(F)(F)F)cc2F)OC1(C)C.Fc1cc(-c2nc(-c3ccccc3)nc(-c3ccccc3)n2)ccc1-c1ccc(C(F)(F)F)cc1F.Fc1cc(-c2nc(-c3ccccc3)nc(-c3ccccc3)n2)ccc1Cl. The molecule has 11 rings (SSSR count). The van der Waals surface area contributed by atoms with Crippen molar-refractivity contribution in [3.05, 3.63) is 234 Å². The summed E-state index contributed by atoms with van der Waals surface area (Å²) < 4.78 is 145. The van der Waals surface area contributed by atoms with Gasteiger partial charge < -0.3 is 9.31 Å². The van der Waals surface area contributed by atoms with E-state index in [9.17, 15) is 39.5 Å². The van der Waals surface area contributed by atoms with Gasteiger partial charge in [-0.2, -0.15) is 26.3 Å². The first-order valence-electron chi connectivity index (χ1n) is 25.0. The smallest absolute Gasteiger partial charge is 0.399 e. The van der Waals surface area contributed by atoms with Gasteiger partial charge in [0.05, 0.1) is 27.4 Å². The molecule has 8 aromatic carbocycles. The third-order valence-electron chi connectivity index (χ3n) is 13.2. The highest BCUT2D eigenvalue weighted by atomic mass is 35.5. The van der Waals surface area contributed by atoms with Gasteiger partial charge in [0.1, 0.15) is 23.3 Å². The maximum atomic E-state index is 15.1. The first kappa shape index (κ1) is 58.0. The summed E-state index contributed by atoms with van der Waals surface area (Å²) in [5, 5.41) is 0.0642. The predicted octanol–water partition coefficient (Wildman–Crippen LogP) is 16.6. The van der Waals surface area contributed by atoms with Gasteiger partial charge in [-0.15, -0.1) is 0 Å². The largest absolute Gasteiger partial charge is 0.497 e. The van der Waals surface area contributed by atoms with Crippen molar-refractivity contribution < 1.29 is 53.2 Å². The quantitative estimate of drug-likeness (QED) is 0.110. The summed E-state index contributed by atoms with van der Waals surface area (Å²) in [5.41, 5.74) is 0.0432. The predicted molar refractivity (Wildman–Crippen MR) is 295 cm³/mol. The molecule has 1 aliphatic rings. The number of benzene rings is 8. The van der Waals surface area contributed by atoms with Crippen LogP contribution in [0.1, 0.15) is 38.8 Å².